The molecular weight excluding hydrogens is 352 g/mol. The van der Waals surface area contributed by atoms with Gasteiger partial charge in [0.1, 0.15) is 0 Å². The van der Waals surface area contributed by atoms with Gasteiger partial charge in [-0.05, 0) is 56.2 Å². The number of carbonyl (C=O) groups excluding carboxylic acids is 1. The summed E-state index contributed by atoms with van der Waals surface area (Å²) in [5.74, 6) is 0.517. The Morgan fingerprint density at radius 2 is 2.07 bits per heavy atom. The third kappa shape index (κ3) is 3.07. The Morgan fingerprint density at radius 1 is 1.29 bits per heavy atom. The lowest BCUT2D eigenvalue weighted by atomic mass is 9.75. The molecule has 2 aromatic heterocycles. The van der Waals surface area contributed by atoms with E-state index in [0.717, 1.165) is 40.7 Å². The van der Waals surface area contributed by atoms with Gasteiger partial charge in [-0.15, -0.1) is 0 Å². The van der Waals surface area contributed by atoms with Gasteiger partial charge in [-0.2, -0.15) is 5.10 Å². The smallest absolute Gasteiger partial charge is 0.255 e. The molecule has 6 nitrogen and oxygen atoms in total. The minimum Gasteiger partial charge on any atom is -0.393 e. The highest BCUT2D eigenvalue weighted by Crippen LogP contribution is 2.42. The van der Waals surface area contributed by atoms with E-state index in [4.69, 9.17) is 0 Å². The molecule has 1 amide bonds. The van der Waals surface area contributed by atoms with Gasteiger partial charge in [0.25, 0.3) is 5.91 Å². The number of carbonyl (C=O) groups is 1. The summed E-state index contributed by atoms with van der Waals surface area (Å²) in [7, 11) is 0. The van der Waals surface area contributed by atoms with Crippen LogP contribution in [0.25, 0.3) is 10.9 Å². The quantitative estimate of drug-likeness (QED) is 0.637. The number of para-hydroxylation sites is 1. The minimum atomic E-state index is -0.282. The maximum atomic E-state index is 13.2. The van der Waals surface area contributed by atoms with Crippen LogP contribution in [0.2, 0.25) is 0 Å². The number of hydrogen-bond donors (Lipinski definition) is 3. The SMILES string of the molecule is Cc1[nH]nc(C2CC2)c1C(=O)N[C@@H](c1cnc2ccccc2c1)C1CC(O)C1. The maximum Gasteiger partial charge on any atom is 0.255 e. The fraction of sp³-hybridized carbons (Fsp3) is 0.409. The van der Waals surface area contributed by atoms with Crippen molar-refractivity contribution in [1.82, 2.24) is 20.5 Å². The van der Waals surface area contributed by atoms with Gasteiger partial charge in [0.2, 0.25) is 0 Å². The second kappa shape index (κ2) is 6.71. The van der Waals surface area contributed by atoms with E-state index in [1.54, 1.807) is 0 Å². The fourth-order valence-electron chi connectivity index (χ4n) is 4.23. The minimum absolute atomic E-state index is 0.0901. The largest absolute Gasteiger partial charge is 0.393 e. The zero-order valence-corrected chi connectivity index (χ0v) is 15.9. The first-order chi connectivity index (χ1) is 13.6. The Hall–Kier alpha value is -2.73. The Morgan fingerprint density at radius 3 is 2.82 bits per heavy atom. The first-order valence-corrected chi connectivity index (χ1v) is 9.98. The highest BCUT2D eigenvalue weighted by atomic mass is 16.3. The van der Waals surface area contributed by atoms with Crippen LogP contribution < -0.4 is 5.32 Å². The number of aromatic nitrogens is 3. The summed E-state index contributed by atoms with van der Waals surface area (Å²) in [5.41, 5.74) is 4.30. The van der Waals surface area contributed by atoms with E-state index in [1.807, 2.05) is 37.4 Å². The van der Waals surface area contributed by atoms with Crippen molar-refractivity contribution in [1.29, 1.82) is 0 Å². The molecule has 0 bridgehead atoms. The van der Waals surface area contributed by atoms with E-state index in [-0.39, 0.29) is 24.0 Å². The Bertz CT molecular complexity index is 1030. The molecule has 144 valence electrons. The molecule has 0 unspecified atom stereocenters. The first-order valence-electron chi connectivity index (χ1n) is 9.98. The molecule has 2 saturated carbocycles. The zero-order chi connectivity index (χ0) is 19.3. The number of H-pyrrole nitrogens is 1. The number of pyridine rings is 1. The van der Waals surface area contributed by atoms with Crippen molar-refractivity contribution >= 4 is 16.8 Å². The van der Waals surface area contributed by atoms with Crippen LogP contribution in [0.3, 0.4) is 0 Å². The normalized spacial score (nSPS) is 22.6. The van der Waals surface area contributed by atoms with Crippen LogP contribution in [-0.2, 0) is 0 Å². The molecule has 1 aromatic carbocycles. The molecule has 28 heavy (non-hydrogen) atoms. The zero-order valence-electron chi connectivity index (χ0n) is 15.9. The number of aliphatic hydroxyl groups excluding tert-OH is 1. The molecule has 3 aromatic rings. The lowest BCUT2D eigenvalue weighted by Gasteiger charge is -2.38. The molecule has 2 heterocycles. The Kier molecular flexibility index (Phi) is 4.16. The summed E-state index contributed by atoms with van der Waals surface area (Å²) >= 11 is 0. The number of hydrogen-bond acceptors (Lipinski definition) is 4. The van der Waals surface area contributed by atoms with Crippen LogP contribution in [-0.4, -0.2) is 32.3 Å². The van der Waals surface area contributed by atoms with Crippen LogP contribution in [0.1, 0.15) is 65.0 Å². The number of fused-ring (bicyclic) bond motifs is 1. The summed E-state index contributed by atoms with van der Waals surface area (Å²) in [6.07, 6.45) is 5.14. The van der Waals surface area contributed by atoms with Crippen molar-refractivity contribution in [3.05, 3.63) is 59.0 Å². The fourth-order valence-corrected chi connectivity index (χ4v) is 4.23. The predicted octanol–water partition coefficient (Wildman–Crippen LogP) is 3.39. The number of nitrogens with zero attached hydrogens (tertiary/aromatic N) is 2. The van der Waals surface area contributed by atoms with Gasteiger partial charge in [0.05, 0.1) is 28.9 Å². The summed E-state index contributed by atoms with van der Waals surface area (Å²) in [5, 5.41) is 21.5. The topological polar surface area (TPSA) is 90.9 Å². The van der Waals surface area contributed by atoms with Crippen LogP contribution in [0.15, 0.2) is 36.5 Å². The summed E-state index contributed by atoms with van der Waals surface area (Å²) < 4.78 is 0. The van der Waals surface area contributed by atoms with Crippen molar-refractivity contribution < 1.29 is 9.90 Å². The van der Waals surface area contributed by atoms with Crippen LogP contribution in [0.4, 0.5) is 0 Å². The third-order valence-electron chi connectivity index (χ3n) is 6.04. The van der Waals surface area contributed by atoms with Crippen LogP contribution >= 0.6 is 0 Å². The monoisotopic (exact) mass is 376 g/mol. The number of aryl methyl sites for hydroxylation is 1. The van der Waals surface area contributed by atoms with Crippen molar-refractivity contribution in [2.24, 2.45) is 5.92 Å². The second-order valence-corrected chi connectivity index (χ2v) is 8.18. The van der Waals surface area contributed by atoms with Gasteiger partial charge in [-0.25, -0.2) is 0 Å². The van der Waals surface area contributed by atoms with Gasteiger partial charge in [-0.3, -0.25) is 14.9 Å². The summed E-state index contributed by atoms with van der Waals surface area (Å²) in [6.45, 7) is 1.90. The molecule has 1 atom stereocenters. The number of aliphatic hydroxyl groups is 1. The van der Waals surface area contributed by atoms with Gasteiger partial charge < -0.3 is 10.4 Å². The van der Waals surface area contributed by atoms with Crippen molar-refractivity contribution in [2.45, 2.75) is 50.7 Å². The molecule has 0 spiro atoms. The standard InChI is InChI=1S/C22H24N4O2/c1-12-19(21(26-25-12)13-6-7-13)22(28)24-20(15-9-17(27)10-15)16-8-14-4-2-3-5-18(14)23-11-16/h2-5,8,11,13,15,17,20,27H,6-7,9-10H2,1H3,(H,24,28)(H,25,26)/t15?,17?,20-/m1/s1. The van der Waals surface area contributed by atoms with E-state index < -0.39 is 0 Å². The maximum absolute atomic E-state index is 13.2. The predicted molar refractivity (Wildman–Crippen MR) is 106 cm³/mol. The van der Waals surface area contributed by atoms with E-state index >= 15 is 0 Å². The molecule has 0 saturated heterocycles. The lowest BCUT2D eigenvalue weighted by Crippen LogP contribution is -2.41. The second-order valence-electron chi connectivity index (χ2n) is 8.18. The number of benzene rings is 1. The van der Waals surface area contributed by atoms with Gasteiger partial charge in [0.15, 0.2) is 0 Å². The average Bonchev–Trinajstić information content (AvgIpc) is 3.45. The highest BCUT2D eigenvalue weighted by Gasteiger charge is 2.38. The molecule has 6 heteroatoms. The highest BCUT2D eigenvalue weighted by molar-refractivity contribution is 5.97. The van der Waals surface area contributed by atoms with Crippen LogP contribution in [0.5, 0.6) is 0 Å². The molecule has 2 aliphatic rings. The van der Waals surface area contributed by atoms with Gasteiger partial charge in [-0.1, -0.05) is 18.2 Å². The number of rotatable bonds is 5. The number of amides is 1. The van der Waals surface area contributed by atoms with Crippen LogP contribution in [0, 0.1) is 12.8 Å². The van der Waals surface area contributed by atoms with Gasteiger partial charge >= 0.3 is 0 Å². The molecule has 2 aliphatic carbocycles. The van der Waals surface area contributed by atoms with E-state index in [0.29, 0.717) is 24.3 Å². The Labute approximate surface area is 163 Å². The molecule has 5 rings (SSSR count). The Balaban J connectivity index is 1.47. The van der Waals surface area contributed by atoms with E-state index in [9.17, 15) is 9.90 Å². The molecule has 0 aliphatic heterocycles. The van der Waals surface area contributed by atoms with Crippen molar-refractivity contribution in [2.75, 3.05) is 0 Å². The lowest BCUT2D eigenvalue weighted by molar-refractivity contribution is 0.0235. The summed E-state index contributed by atoms with van der Waals surface area (Å²) in [4.78, 5) is 17.8. The molecule has 0 radical (unpaired) electrons. The van der Waals surface area contributed by atoms with E-state index in [1.165, 1.54) is 0 Å². The molecule has 3 N–H and O–H groups in total. The average molecular weight is 376 g/mol. The van der Waals surface area contributed by atoms with Crippen molar-refractivity contribution in [3.8, 4) is 0 Å². The number of nitrogens with one attached hydrogen (secondary N) is 2. The summed E-state index contributed by atoms with van der Waals surface area (Å²) in [6, 6.07) is 9.90. The molecule has 2 fully saturated rings. The third-order valence-corrected chi connectivity index (χ3v) is 6.04. The number of aromatic amines is 1. The molecular formula is C22H24N4O2. The van der Waals surface area contributed by atoms with E-state index in [2.05, 4.69) is 26.6 Å². The van der Waals surface area contributed by atoms with Gasteiger partial charge in [0, 0.05) is 23.2 Å². The first kappa shape index (κ1) is 17.4. The van der Waals surface area contributed by atoms with Crippen molar-refractivity contribution in [3.63, 3.8) is 0 Å².